The van der Waals surface area contributed by atoms with Gasteiger partial charge in [0.25, 0.3) is 5.91 Å². The van der Waals surface area contributed by atoms with E-state index in [0.717, 1.165) is 19.3 Å². The summed E-state index contributed by atoms with van der Waals surface area (Å²) in [4.78, 5) is 53.7. The molecule has 2 atom stereocenters. The Morgan fingerprint density at radius 1 is 1.06 bits per heavy atom. The van der Waals surface area contributed by atoms with Gasteiger partial charge in [-0.2, -0.15) is 0 Å². The third-order valence-electron chi connectivity index (χ3n) is 5.61. The van der Waals surface area contributed by atoms with Gasteiger partial charge in [0.05, 0.1) is 6.42 Å². The van der Waals surface area contributed by atoms with Gasteiger partial charge in [0.1, 0.15) is 25.2 Å². The van der Waals surface area contributed by atoms with Crippen LogP contribution in [0.2, 0.25) is 0 Å². The third-order valence-corrected chi connectivity index (χ3v) is 5.61. The molecule has 186 valence electrons. The minimum atomic E-state index is -1.47. The van der Waals surface area contributed by atoms with Crippen molar-refractivity contribution in [3.05, 3.63) is 29.8 Å². The number of carboxylic acid groups (broad SMARTS) is 2. The van der Waals surface area contributed by atoms with Gasteiger partial charge < -0.3 is 31.4 Å². The molecule has 1 aliphatic rings. The van der Waals surface area contributed by atoms with Crippen LogP contribution < -0.4 is 21.2 Å². The molecule has 2 rings (SSSR count). The molecule has 1 aliphatic heterocycles. The number of carbonyl (C=O) groups excluding carboxylic acids is 2. The van der Waals surface area contributed by atoms with E-state index in [1.54, 1.807) is 13.8 Å². The van der Waals surface area contributed by atoms with Crippen molar-refractivity contribution in [1.82, 2.24) is 10.6 Å². The molecule has 0 aromatic heterocycles. The molecule has 1 heterocycles. The number of hydroxylamine groups is 3. The second-order valence-electron chi connectivity index (χ2n) is 8.59. The number of amides is 2. The molecule has 1 saturated heterocycles. The summed E-state index contributed by atoms with van der Waals surface area (Å²) in [7, 11) is 0. The Bertz CT molecular complexity index is 926. The fourth-order valence-corrected chi connectivity index (χ4v) is 3.67. The second kappa shape index (κ2) is 11.5. The van der Waals surface area contributed by atoms with Gasteiger partial charge in [0.15, 0.2) is 5.75 Å². The first kappa shape index (κ1) is 26.6. The number of piperidine rings is 1. The van der Waals surface area contributed by atoms with Crippen LogP contribution >= 0.6 is 0 Å². The number of quaternary nitrogens is 1. The molecule has 7 N–H and O–H groups in total. The number of benzene rings is 1. The van der Waals surface area contributed by atoms with Crippen molar-refractivity contribution in [3.8, 4) is 5.75 Å². The highest BCUT2D eigenvalue weighted by atomic mass is 16.7. The highest BCUT2D eigenvalue weighted by Crippen LogP contribution is 2.23. The fourth-order valence-electron chi connectivity index (χ4n) is 3.67. The molecule has 12 heteroatoms. The molecule has 1 aromatic carbocycles. The van der Waals surface area contributed by atoms with Crippen molar-refractivity contribution in [2.45, 2.75) is 51.6 Å². The van der Waals surface area contributed by atoms with Gasteiger partial charge >= 0.3 is 17.9 Å². The fraction of sp³-hybridized carbons (Fsp3) is 0.500. The minimum Gasteiger partial charge on any atom is -0.481 e. The van der Waals surface area contributed by atoms with E-state index < -0.39 is 48.2 Å². The zero-order valence-electron chi connectivity index (χ0n) is 19.2. The third kappa shape index (κ3) is 6.91. The summed E-state index contributed by atoms with van der Waals surface area (Å²) in [5, 5.41) is 30.9. The quantitative estimate of drug-likeness (QED) is 0.160. The lowest BCUT2D eigenvalue weighted by molar-refractivity contribution is -1.01. The molecule has 0 bridgehead atoms. The number of hydrogen-bond acceptors (Lipinski definition) is 6. The molecule has 0 spiro atoms. The molecule has 0 unspecified atom stereocenters. The van der Waals surface area contributed by atoms with Crippen LogP contribution in [-0.4, -0.2) is 69.7 Å². The van der Waals surface area contributed by atoms with E-state index in [2.05, 4.69) is 10.6 Å². The maximum atomic E-state index is 12.7. The van der Waals surface area contributed by atoms with Gasteiger partial charge in [0.2, 0.25) is 5.91 Å². The molecule has 12 nitrogen and oxygen atoms in total. The van der Waals surface area contributed by atoms with Crippen LogP contribution in [-0.2, 0) is 14.4 Å². The molecule has 0 saturated carbocycles. The van der Waals surface area contributed by atoms with E-state index in [0.29, 0.717) is 18.8 Å². The van der Waals surface area contributed by atoms with Crippen molar-refractivity contribution < 1.29 is 38.9 Å². The number of nitrogens with zero attached hydrogens (tertiary/aromatic N) is 1. The molecule has 1 aromatic rings. The van der Waals surface area contributed by atoms with E-state index in [1.807, 2.05) is 0 Å². The molecule has 1 fully saturated rings. The first-order valence-corrected chi connectivity index (χ1v) is 11.0. The standard InChI is InChI=1S/C22H31N5O7/c1-13(2)18(21(32)33)26-20(31)16(12-17(28)29)25-19(30)14-6-8-15(9-7-14)34-27(22(23)24)10-4-3-5-11-27/h6-9,13,16,18H,3-5,10-12H2,1-2H3,(H6-,23,24,25,26,28,29,30,31,32,33)/p+1/t16-,18-/m0/s1. The Labute approximate surface area is 197 Å². The highest BCUT2D eigenvalue weighted by Gasteiger charge is 2.38. The zero-order valence-corrected chi connectivity index (χ0v) is 19.2. The van der Waals surface area contributed by atoms with E-state index in [-0.39, 0.29) is 16.2 Å². The van der Waals surface area contributed by atoms with Crippen LogP contribution in [0, 0.1) is 11.3 Å². The van der Waals surface area contributed by atoms with Crippen molar-refractivity contribution in [2.24, 2.45) is 11.7 Å². The Hall–Kier alpha value is -3.67. The number of nitrogens with two attached hydrogens (primary N) is 1. The smallest absolute Gasteiger partial charge is 0.334 e. The zero-order chi connectivity index (χ0) is 25.5. The number of rotatable bonds is 10. The van der Waals surface area contributed by atoms with E-state index in [4.69, 9.17) is 21.1 Å². The lowest BCUT2D eigenvalue weighted by Gasteiger charge is -2.35. The summed E-state index contributed by atoms with van der Waals surface area (Å²) < 4.78 is -0.118. The summed E-state index contributed by atoms with van der Waals surface area (Å²) in [6, 6.07) is 3.23. The number of aliphatic carboxylic acids is 2. The number of hydrogen-bond donors (Lipinski definition) is 6. The minimum absolute atomic E-state index is 0.106. The molecular formula is C22H32N5O7+. The normalized spacial score (nSPS) is 16.7. The van der Waals surface area contributed by atoms with Gasteiger partial charge in [-0.1, -0.05) is 18.5 Å². The van der Waals surface area contributed by atoms with Crippen molar-refractivity contribution in [2.75, 3.05) is 13.1 Å². The number of carboxylic acids is 2. The number of carbonyl (C=O) groups is 4. The molecule has 0 aliphatic carbocycles. The SMILES string of the molecule is CC(C)[C@H](NC(=O)[C@H](CC(=O)O)NC(=O)c1ccc(O[N+]2(C(=N)N)CCCCC2)cc1)C(=O)O. The Kier molecular flexibility index (Phi) is 8.96. The van der Waals surface area contributed by atoms with Gasteiger partial charge in [-0.05, 0) is 36.6 Å². The summed E-state index contributed by atoms with van der Waals surface area (Å²) >= 11 is 0. The Balaban J connectivity index is 2.11. The van der Waals surface area contributed by atoms with Crippen molar-refractivity contribution in [1.29, 1.82) is 5.41 Å². The summed E-state index contributed by atoms with van der Waals surface area (Å²) in [5.41, 5.74) is 5.91. The second-order valence-corrected chi connectivity index (χ2v) is 8.59. The van der Waals surface area contributed by atoms with Crippen molar-refractivity contribution in [3.63, 3.8) is 0 Å². The van der Waals surface area contributed by atoms with Crippen LogP contribution in [0.5, 0.6) is 5.75 Å². The van der Waals surface area contributed by atoms with Crippen LogP contribution in [0.15, 0.2) is 24.3 Å². The molecule has 34 heavy (non-hydrogen) atoms. The maximum Gasteiger partial charge on any atom is 0.334 e. The average molecular weight is 479 g/mol. The first-order chi connectivity index (χ1) is 15.9. The molecule has 2 amide bonds. The number of guanidine groups is 1. The monoisotopic (exact) mass is 478 g/mol. The lowest BCUT2D eigenvalue weighted by Crippen LogP contribution is -2.60. The lowest BCUT2D eigenvalue weighted by atomic mass is 10.0. The number of likely N-dealkylation sites (tertiary alicyclic amines) is 1. The van der Waals surface area contributed by atoms with Gasteiger partial charge in [-0.25, -0.2) is 10.2 Å². The molecular weight excluding hydrogens is 446 g/mol. The topological polar surface area (TPSA) is 192 Å². The predicted molar refractivity (Wildman–Crippen MR) is 121 cm³/mol. The van der Waals surface area contributed by atoms with E-state index in [1.165, 1.54) is 24.3 Å². The van der Waals surface area contributed by atoms with Gasteiger partial charge in [-0.3, -0.25) is 14.4 Å². The largest absolute Gasteiger partial charge is 0.481 e. The first-order valence-electron chi connectivity index (χ1n) is 11.0. The Morgan fingerprint density at radius 2 is 1.65 bits per heavy atom. The van der Waals surface area contributed by atoms with Gasteiger partial charge in [-0.15, -0.1) is 0 Å². The number of nitrogens with one attached hydrogen (secondary N) is 3. The summed E-state index contributed by atoms with van der Waals surface area (Å²) in [6.45, 7) is 4.32. The van der Waals surface area contributed by atoms with Crippen molar-refractivity contribution >= 4 is 29.7 Å². The van der Waals surface area contributed by atoms with Crippen LogP contribution in [0.3, 0.4) is 0 Å². The summed E-state index contributed by atoms with van der Waals surface area (Å²) in [5.74, 6) is -4.37. The van der Waals surface area contributed by atoms with Crippen LogP contribution in [0.4, 0.5) is 0 Å². The van der Waals surface area contributed by atoms with Crippen LogP contribution in [0.1, 0.15) is 49.9 Å². The Morgan fingerprint density at radius 3 is 2.12 bits per heavy atom. The summed E-state index contributed by atoms with van der Waals surface area (Å²) in [6.07, 6.45) is 2.05. The van der Waals surface area contributed by atoms with E-state index >= 15 is 0 Å². The molecule has 0 radical (unpaired) electrons. The maximum absolute atomic E-state index is 12.7. The predicted octanol–water partition coefficient (Wildman–Crippen LogP) is 0.673. The van der Waals surface area contributed by atoms with Gasteiger partial charge in [0, 0.05) is 18.4 Å². The van der Waals surface area contributed by atoms with Crippen LogP contribution in [0.25, 0.3) is 0 Å². The average Bonchev–Trinajstić information content (AvgIpc) is 2.77. The van der Waals surface area contributed by atoms with E-state index in [9.17, 15) is 24.3 Å². The highest BCUT2D eigenvalue weighted by molar-refractivity contribution is 5.99.